The van der Waals surface area contributed by atoms with Crippen molar-refractivity contribution in [3.63, 3.8) is 0 Å². The van der Waals surface area contributed by atoms with Crippen molar-refractivity contribution in [1.82, 2.24) is 9.71 Å². The molecule has 2 heterocycles. The number of nitrogens with zero attached hydrogens (tertiary/aromatic N) is 1. The van der Waals surface area contributed by atoms with E-state index in [1.165, 1.54) is 0 Å². The molecule has 0 spiro atoms. The Balaban J connectivity index is 2.17. The van der Waals surface area contributed by atoms with Gasteiger partial charge in [-0.1, -0.05) is 20.8 Å². The monoisotopic (exact) mass is 432 g/mol. The molecule has 2 rings (SSSR count). The van der Waals surface area contributed by atoms with Gasteiger partial charge in [0, 0.05) is 30.0 Å². The van der Waals surface area contributed by atoms with Crippen LogP contribution in [0.3, 0.4) is 0 Å². The van der Waals surface area contributed by atoms with Gasteiger partial charge in [-0.3, -0.25) is 0 Å². The SMILES string of the molecule is CC(C)(C)[S+]([O-])NC1(c2nc(CO[Si](C)(C)C(C)(C)C)cs2)CCOCC1. The Morgan fingerprint density at radius 1 is 1.26 bits per heavy atom. The predicted octanol–water partition coefficient (Wildman–Crippen LogP) is 4.72. The lowest BCUT2D eigenvalue weighted by atomic mass is 9.92. The quantitative estimate of drug-likeness (QED) is 0.520. The summed E-state index contributed by atoms with van der Waals surface area (Å²) in [7, 11) is -1.81. The minimum atomic E-state index is -1.81. The number of aromatic nitrogens is 1. The molecule has 0 radical (unpaired) electrons. The topological polar surface area (TPSA) is 66.4 Å². The summed E-state index contributed by atoms with van der Waals surface area (Å²) < 4.78 is 27.8. The summed E-state index contributed by atoms with van der Waals surface area (Å²) in [6.07, 6.45) is 1.57. The lowest BCUT2D eigenvalue weighted by Crippen LogP contribution is -2.53. The fraction of sp³-hybridized carbons (Fsp3) is 0.842. The summed E-state index contributed by atoms with van der Waals surface area (Å²) in [5.41, 5.74) is 0.588. The molecule has 1 fully saturated rings. The van der Waals surface area contributed by atoms with Gasteiger partial charge in [-0.25, -0.2) is 4.98 Å². The Hall–Kier alpha value is 0.0369. The van der Waals surface area contributed by atoms with Crippen LogP contribution in [0, 0.1) is 0 Å². The van der Waals surface area contributed by atoms with Gasteiger partial charge in [0.05, 0.1) is 12.3 Å². The molecule has 1 N–H and O–H groups in total. The Kier molecular flexibility index (Phi) is 7.27. The number of thiazole rings is 1. The van der Waals surface area contributed by atoms with E-state index in [1.807, 2.05) is 20.8 Å². The van der Waals surface area contributed by atoms with E-state index in [0.717, 1.165) is 23.5 Å². The highest BCUT2D eigenvalue weighted by Gasteiger charge is 2.44. The predicted molar refractivity (Wildman–Crippen MR) is 117 cm³/mol. The third-order valence-corrected chi connectivity index (χ3v) is 12.8. The van der Waals surface area contributed by atoms with E-state index in [0.29, 0.717) is 19.8 Å². The van der Waals surface area contributed by atoms with Crippen LogP contribution in [0.5, 0.6) is 0 Å². The van der Waals surface area contributed by atoms with Gasteiger partial charge in [-0.2, -0.15) is 0 Å². The Morgan fingerprint density at radius 3 is 2.37 bits per heavy atom. The lowest BCUT2D eigenvalue weighted by molar-refractivity contribution is 0.0454. The molecule has 0 aromatic carbocycles. The Labute approximate surface area is 173 Å². The van der Waals surface area contributed by atoms with Crippen molar-refractivity contribution in [3.8, 4) is 0 Å². The molecule has 1 saturated heterocycles. The highest BCUT2D eigenvalue weighted by atomic mass is 32.2. The first-order valence-electron chi connectivity index (χ1n) is 9.63. The first kappa shape index (κ1) is 23.3. The Morgan fingerprint density at radius 2 is 1.85 bits per heavy atom. The standard InChI is InChI=1S/C19H36N2O3S2Si/c1-17(2,3)26(22)21-19(9-11-23-12-10-19)16-20-15(14-25-16)13-24-27(7,8)18(4,5)6/h14,21H,9-13H2,1-8H3. The van der Waals surface area contributed by atoms with Crippen LogP contribution in [0.25, 0.3) is 0 Å². The van der Waals surface area contributed by atoms with Crippen molar-refractivity contribution < 1.29 is 13.7 Å². The molecule has 1 aromatic rings. The molecule has 1 atom stereocenters. The van der Waals surface area contributed by atoms with Crippen LogP contribution >= 0.6 is 11.3 Å². The molecule has 0 aliphatic carbocycles. The minimum absolute atomic E-state index is 0.180. The van der Waals surface area contributed by atoms with Gasteiger partial charge < -0.3 is 13.7 Å². The number of nitrogens with one attached hydrogen (secondary N) is 1. The maximum absolute atomic E-state index is 12.8. The van der Waals surface area contributed by atoms with E-state index >= 15 is 0 Å². The van der Waals surface area contributed by atoms with Gasteiger partial charge in [0.15, 0.2) is 8.32 Å². The summed E-state index contributed by atoms with van der Waals surface area (Å²) in [6, 6.07) is 0. The van der Waals surface area contributed by atoms with Gasteiger partial charge in [0.1, 0.15) is 15.3 Å². The van der Waals surface area contributed by atoms with Gasteiger partial charge in [-0.05, 0) is 51.7 Å². The molecule has 0 bridgehead atoms. The first-order valence-corrected chi connectivity index (χ1v) is 14.6. The molecule has 1 unspecified atom stereocenters. The zero-order chi connectivity index (χ0) is 20.5. The Bertz CT molecular complexity index is 617. The van der Waals surface area contributed by atoms with Crippen molar-refractivity contribution in [2.24, 2.45) is 0 Å². The second kappa shape index (κ2) is 8.42. The summed E-state index contributed by atoms with van der Waals surface area (Å²) in [6.45, 7) is 19.1. The van der Waals surface area contributed by atoms with Gasteiger partial charge >= 0.3 is 0 Å². The normalized spacial score (nSPS) is 19.9. The highest BCUT2D eigenvalue weighted by molar-refractivity contribution is 7.90. The molecule has 156 valence electrons. The molecule has 27 heavy (non-hydrogen) atoms. The van der Waals surface area contributed by atoms with Crippen LogP contribution in [0.4, 0.5) is 0 Å². The lowest BCUT2D eigenvalue weighted by Gasteiger charge is -2.38. The first-order chi connectivity index (χ1) is 12.3. The van der Waals surface area contributed by atoms with E-state index in [1.54, 1.807) is 11.3 Å². The third-order valence-electron chi connectivity index (χ3n) is 5.54. The average Bonchev–Trinajstić information content (AvgIpc) is 3.01. The maximum atomic E-state index is 12.8. The largest absolute Gasteiger partial charge is 0.598 e. The molecule has 5 nitrogen and oxygen atoms in total. The molecule has 1 aliphatic heterocycles. The van der Waals surface area contributed by atoms with E-state index in [2.05, 4.69) is 44.0 Å². The van der Waals surface area contributed by atoms with E-state index in [4.69, 9.17) is 14.1 Å². The van der Waals surface area contributed by atoms with Crippen LogP contribution in [0.15, 0.2) is 5.38 Å². The number of rotatable bonds is 6. The fourth-order valence-corrected chi connectivity index (χ4v) is 5.46. The van der Waals surface area contributed by atoms with Crippen LogP contribution in [0.1, 0.15) is 65.1 Å². The number of hydrogen-bond acceptors (Lipinski definition) is 6. The van der Waals surface area contributed by atoms with Gasteiger partial charge in [0.25, 0.3) is 0 Å². The van der Waals surface area contributed by atoms with Crippen LogP contribution in [0.2, 0.25) is 18.1 Å². The van der Waals surface area contributed by atoms with Crippen LogP contribution < -0.4 is 4.72 Å². The maximum Gasteiger partial charge on any atom is 0.192 e. The molecular formula is C19H36N2O3S2Si. The van der Waals surface area contributed by atoms with Crippen molar-refractivity contribution >= 4 is 31.0 Å². The zero-order valence-corrected chi connectivity index (χ0v) is 20.7. The van der Waals surface area contributed by atoms with E-state index < -0.39 is 19.7 Å². The summed E-state index contributed by atoms with van der Waals surface area (Å²) in [4.78, 5) is 4.89. The van der Waals surface area contributed by atoms with Crippen molar-refractivity contribution in [2.75, 3.05) is 13.2 Å². The molecule has 0 amide bonds. The summed E-state index contributed by atoms with van der Waals surface area (Å²) in [5.74, 6) is 0. The van der Waals surface area contributed by atoms with E-state index in [9.17, 15) is 4.55 Å². The summed E-state index contributed by atoms with van der Waals surface area (Å²) >= 11 is 0.479. The second-order valence-electron chi connectivity index (χ2n) is 9.87. The van der Waals surface area contributed by atoms with Gasteiger partial charge in [0.2, 0.25) is 0 Å². The highest BCUT2D eigenvalue weighted by Crippen LogP contribution is 2.39. The smallest absolute Gasteiger partial charge is 0.192 e. The average molecular weight is 433 g/mol. The molecule has 1 aromatic heterocycles. The van der Waals surface area contributed by atoms with Crippen molar-refractivity contribution in [3.05, 3.63) is 16.1 Å². The molecule has 8 heteroatoms. The van der Waals surface area contributed by atoms with Crippen LogP contribution in [-0.2, 0) is 32.7 Å². The van der Waals surface area contributed by atoms with E-state index in [-0.39, 0.29) is 15.3 Å². The molecular weight excluding hydrogens is 396 g/mol. The molecule has 1 aliphatic rings. The van der Waals surface area contributed by atoms with Gasteiger partial charge in [-0.15, -0.1) is 16.1 Å². The van der Waals surface area contributed by atoms with Crippen molar-refractivity contribution in [1.29, 1.82) is 0 Å². The fourth-order valence-electron chi connectivity index (χ4n) is 2.47. The second-order valence-corrected chi connectivity index (χ2v) is 17.5. The minimum Gasteiger partial charge on any atom is -0.598 e. The van der Waals surface area contributed by atoms with Crippen molar-refractivity contribution in [2.45, 2.75) is 89.4 Å². The molecule has 0 saturated carbocycles. The van der Waals surface area contributed by atoms with Crippen LogP contribution in [-0.4, -0.2) is 35.8 Å². The zero-order valence-electron chi connectivity index (χ0n) is 18.1. The number of ether oxygens (including phenoxy) is 1. The summed E-state index contributed by atoms with van der Waals surface area (Å²) in [5, 5.41) is 3.26. The number of hydrogen-bond donors (Lipinski definition) is 1. The third kappa shape index (κ3) is 5.78.